The number of fused-ring (bicyclic) bond motifs is 1. The van der Waals surface area contributed by atoms with E-state index in [-0.39, 0.29) is 5.97 Å². The molecule has 0 bridgehead atoms. The van der Waals surface area contributed by atoms with Crippen LogP contribution in [0.4, 0.5) is 0 Å². The smallest absolute Gasteiger partial charge is 0.339 e. The van der Waals surface area contributed by atoms with Crippen LogP contribution in [0.1, 0.15) is 65.8 Å². The minimum Gasteiger partial charge on any atom is -0.465 e. The summed E-state index contributed by atoms with van der Waals surface area (Å²) in [5, 5.41) is 1.21. The van der Waals surface area contributed by atoms with Gasteiger partial charge in [-0.05, 0) is 73.4 Å². The summed E-state index contributed by atoms with van der Waals surface area (Å²) in [6.07, 6.45) is 7.04. The van der Waals surface area contributed by atoms with E-state index in [9.17, 15) is 4.79 Å². The van der Waals surface area contributed by atoms with Gasteiger partial charge in [0.2, 0.25) is 0 Å². The maximum absolute atomic E-state index is 12.2. The fourth-order valence-electron chi connectivity index (χ4n) is 3.54. The number of hydrogen-bond donors (Lipinski definition) is 0. The highest BCUT2D eigenvalue weighted by Crippen LogP contribution is 2.40. The Kier molecular flexibility index (Phi) is 4.27. The maximum atomic E-state index is 12.2. The van der Waals surface area contributed by atoms with Crippen LogP contribution in [0.15, 0.2) is 42.7 Å². The Balaban J connectivity index is 1.68. The topological polar surface area (TPSA) is 44.1 Å². The molecule has 3 aromatic rings. The van der Waals surface area contributed by atoms with Crippen molar-refractivity contribution in [3.63, 3.8) is 0 Å². The van der Waals surface area contributed by atoms with Crippen LogP contribution in [0, 0.1) is 0 Å². The van der Waals surface area contributed by atoms with Gasteiger partial charge in [0.1, 0.15) is 0 Å². The van der Waals surface area contributed by atoms with Crippen LogP contribution < -0.4 is 0 Å². The van der Waals surface area contributed by atoms with Crippen molar-refractivity contribution in [1.82, 2.24) is 9.55 Å². The van der Waals surface area contributed by atoms with Gasteiger partial charge in [0.25, 0.3) is 0 Å². The SMILES string of the molecule is COC(=O)c1cc(C2CC2)cnc1Cc1ccc2c(ccn2C(C)C)c1. The summed E-state index contributed by atoms with van der Waals surface area (Å²) in [5.41, 5.74) is 4.91. The number of esters is 1. The van der Waals surface area contributed by atoms with E-state index in [1.54, 1.807) is 0 Å². The number of pyridine rings is 1. The number of nitrogens with zero attached hydrogens (tertiary/aromatic N) is 2. The van der Waals surface area contributed by atoms with E-state index in [0.717, 1.165) is 16.8 Å². The Hall–Kier alpha value is -2.62. The lowest BCUT2D eigenvalue weighted by Crippen LogP contribution is -2.09. The van der Waals surface area contributed by atoms with Gasteiger partial charge in [0.05, 0.1) is 18.4 Å². The number of hydrogen-bond acceptors (Lipinski definition) is 3. The highest BCUT2D eigenvalue weighted by Gasteiger charge is 2.26. The molecule has 2 heterocycles. The summed E-state index contributed by atoms with van der Waals surface area (Å²) < 4.78 is 7.25. The average molecular weight is 348 g/mol. The normalized spacial score (nSPS) is 14.2. The van der Waals surface area contributed by atoms with Crippen molar-refractivity contribution in [2.45, 2.75) is 45.1 Å². The molecule has 1 aliphatic rings. The van der Waals surface area contributed by atoms with E-state index >= 15 is 0 Å². The Morgan fingerprint density at radius 1 is 1.27 bits per heavy atom. The zero-order valence-electron chi connectivity index (χ0n) is 15.5. The third kappa shape index (κ3) is 3.12. The Morgan fingerprint density at radius 2 is 2.08 bits per heavy atom. The molecule has 0 unspecified atom stereocenters. The molecule has 0 amide bonds. The highest BCUT2D eigenvalue weighted by molar-refractivity contribution is 5.91. The second kappa shape index (κ2) is 6.60. The van der Waals surface area contributed by atoms with Gasteiger partial charge >= 0.3 is 5.97 Å². The largest absolute Gasteiger partial charge is 0.465 e. The maximum Gasteiger partial charge on any atom is 0.339 e. The monoisotopic (exact) mass is 348 g/mol. The molecular formula is C22H24N2O2. The minimum absolute atomic E-state index is 0.304. The Labute approximate surface area is 153 Å². The second-order valence-corrected chi connectivity index (χ2v) is 7.42. The van der Waals surface area contributed by atoms with E-state index in [1.165, 1.54) is 30.9 Å². The van der Waals surface area contributed by atoms with Crippen molar-refractivity contribution < 1.29 is 9.53 Å². The molecule has 0 N–H and O–H groups in total. The summed E-state index contributed by atoms with van der Waals surface area (Å²) in [7, 11) is 1.43. The third-order valence-corrected chi connectivity index (χ3v) is 5.16. The molecule has 1 aliphatic carbocycles. The van der Waals surface area contributed by atoms with E-state index < -0.39 is 0 Å². The fraction of sp³-hybridized carbons (Fsp3) is 0.364. The zero-order valence-corrected chi connectivity index (χ0v) is 15.5. The summed E-state index contributed by atoms with van der Waals surface area (Å²) in [4.78, 5) is 16.9. The first-order valence-electron chi connectivity index (χ1n) is 9.23. The Bertz CT molecular complexity index is 967. The predicted octanol–water partition coefficient (Wildman–Crippen LogP) is 4.87. The summed E-state index contributed by atoms with van der Waals surface area (Å²) >= 11 is 0. The average Bonchev–Trinajstić information content (AvgIpc) is 3.40. The molecule has 2 aromatic heterocycles. The zero-order chi connectivity index (χ0) is 18.3. The van der Waals surface area contributed by atoms with E-state index in [1.807, 2.05) is 12.3 Å². The fourth-order valence-corrected chi connectivity index (χ4v) is 3.54. The van der Waals surface area contributed by atoms with Crippen molar-refractivity contribution in [1.29, 1.82) is 0 Å². The van der Waals surface area contributed by atoms with Gasteiger partial charge in [-0.3, -0.25) is 4.98 Å². The van der Waals surface area contributed by atoms with Gasteiger partial charge < -0.3 is 9.30 Å². The lowest BCUT2D eigenvalue weighted by Gasteiger charge is -2.11. The first kappa shape index (κ1) is 16.8. The van der Waals surface area contributed by atoms with Gasteiger partial charge in [-0.1, -0.05) is 6.07 Å². The van der Waals surface area contributed by atoms with Crippen molar-refractivity contribution in [3.05, 3.63) is 65.1 Å². The Morgan fingerprint density at radius 3 is 2.77 bits per heavy atom. The highest BCUT2D eigenvalue weighted by atomic mass is 16.5. The third-order valence-electron chi connectivity index (χ3n) is 5.16. The molecule has 0 radical (unpaired) electrons. The quantitative estimate of drug-likeness (QED) is 0.618. The predicted molar refractivity (Wildman–Crippen MR) is 103 cm³/mol. The summed E-state index contributed by atoms with van der Waals surface area (Å²) in [5.74, 6) is 0.258. The number of benzene rings is 1. The van der Waals surface area contributed by atoms with E-state index in [4.69, 9.17) is 4.74 Å². The molecule has 26 heavy (non-hydrogen) atoms. The molecule has 0 atom stereocenters. The van der Waals surface area contributed by atoms with Crippen LogP contribution in [0.5, 0.6) is 0 Å². The van der Waals surface area contributed by atoms with E-state index in [2.05, 4.69) is 53.9 Å². The molecule has 1 saturated carbocycles. The number of rotatable bonds is 5. The van der Waals surface area contributed by atoms with Gasteiger partial charge in [0, 0.05) is 30.4 Å². The van der Waals surface area contributed by atoms with Crippen molar-refractivity contribution >= 4 is 16.9 Å². The van der Waals surface area contributed by atoms with Crippen LogP contribution in [-0.2, 0) is 11.2 Å². The molecule has 0 saturated heterocycles. The van der Waals surface area contributed by atoms with Gasteiger partial charge in [-0.2, -0.15) is 0 Å². The number of methoxy groups -OCH3 is 1. The molecule has 4 heteroatoms. The number of ether oxygens (including phenoxy) is 1. The van der Waals surface area contributed by atoms with Crippen LogP contribution >= 0.6 is 0 Å². The van der Waals surface area contributed by atoms with Crippen molar-refractivity contribution in [2.24, 2.45) is 0 Å². The first-order valence-corrected chi connectivity index (χ1v) is 9.23. The standard InChI is InChI=1S/C22H24N2O2/c1-14(2)24-9-8-17-10-15(4-7-21(17)24)11-20-19(22(25)26-3)12-18(13-23-20)16-5-6-16/h4,7-10,12-14,16H,5-6,11H2,1-3H3. The van der Waals surface area contributed by atoms with Gasteiger partial charge in [-0.25, -0.2) is 4.79 Å². The van der Waals surface area contributed by atoms with Crippen LogP contribution in [0.2, 0.25) is 0 Å². The summed E-state index contributed by atoms with van der Waals surface area (Å²) in [6, 6.07) is 11.0. The van der Waals surface area contributed by atoms with Gasteiger partial charge in [0.15, 0.2) is 0 Å². The van der Waals surface area contributed by atoms with E-state index in [0.29, 0.717) is 23.9 Å². The molecule has 4 rings (SSSR count). The lowest BCUT2D eigenvalue weighted by atomic mass is 10.0. The number of carbonyl (C=O) groups is 1. The first-order chi connectivity index (χ1) is 12.6. The number of aromatic nitrogens is 2. The molecule has 4 nitrogen and oxygen atoms in total. The molecule has 134 valence electrons. The summed E-state index contributed by atoms with van der Waals surface area (Å²) in [6.45, 7) is 4.36. The molecule has 1 fully saturated rings. The van der Waals surface area contributed by atoms with Crippen LogP contribution in [-0.4, -0.2) is 22.6 Å². The number of carbonyl (C=O) groups excluding carboxylic acids is 1. The minimum atomic E-state index is -0.304. The van der Waals surface area contributed by atoms with Crippen LogP contribution in [0.25, 0.3) is 10.9 Å². The lowest BCUT2D eigenvalue weighted by molar-refractivity contribution is 0.0599. The molecular weight excluding hydrogens is 324 g/mol. The van der Waals surface area contributed by atoms with Gasteiger partial charge in [-0.15, -0.1) is 0 Å². The molecule has 0 spiro atoms. The van der Waals surface area contributed by atoms with Crippen LogP contribution in [0.3, 0.4) is 0 Å². The van der Waals surface area contributed by atoms with Crippen molar-refractivity contribution in [2.75, 3.05) is 7.11 Å². The second-order valence-electron chi connectivity index (χ2n) is 7.42. The molecule has 0 aliphatic heterocycles. The molecule has 1 aromatic carbocycles. The van der Waals surface area contributed by atoms with Crippen molar-refractivity contribution in [3.8, 4) is 0 Å².